The molecule has 0 bridgehead atoms. The predicted molar refractivity (Wildman–Crippen MR) is 97.1 cm³/mol. The number of H-pyrrole nitrogens is 1. The molecule has 2 N–H and O–H groups in total. The molecule has 0 aliphatic heterocycles. The van der Waals surface area contributed by atoms with Gasteiger partial charge in [0.2, 0.25) is 0 Å². The summed E-state index contributed by atoms with van der Waals surface area (Å²) < 4.78 is 1.43. The highest BCUT2D eigenvalue weighted by atomic mass is 16.6. The van der Waals surface area contributed by atoms with Gasteiger partial charge in [-0.15, -0.1) is 0 Å². The molecule has 0 spiro atoms. The van der Waals surface area contributed by atoms with Crippen molar-refractivity contribution < 1.29 is 4.92 Å². The number of rotatable bonds is 4. The largest absolute Gasteiger partial charge is 0.361 e. The van der Waals surface area contributed by atoms with Crippen LogP contribution >= 0.6 is 0 Å². The van der Waals surface area contributed by atoms with Gasteiger partial charge in [-0.1, -0.05) is 30.8 Å². The predicted octanol–water partition coefficient (Wildman–Crippen LogP) is 1.64. The Labute approximate surface area is 142 Å². The van der Waals surface area contributed by atoms with Gasteiger partial charge in [0.15, 0.2) is 0 Å². The van der Waals surface area contributed by atoms with Crippen LogP contribution in [0.5, 0.6) is 0 Å². The highest BCUT2D eigenvalue weighted by Gasteiger charge is 2.07. The SMILES string of the molecule is C=c1[nH]n(-c2ccccc2C)c(=O)c1=CNc1cccc([N+](=O)[O-])c1. The minimum atomic E-state index is -0.473. The number of hydrogen-bond acceptors (Lipinski definition) is 4. The molecular formula is C18H16N4O3. The van der Waals surface area contributed by atoms with Gasteiger partial charge in [-0.25, -0.2) is 4.68 Å². The fraction of sp³-hybridized carbons (Fsp3) is 0.0556. The van der Waals surface area contributed by atoms with E-state index in [4.69, 9.17) is 0 Å². The normalized spacial score (nSPS) is 11.5. The third-order valence-corrected chi connectivity index (χ3v) is 3.80. The summed E-state index contributed by atoms with van der Waals surface area (Å²) in [5, 5.41) is 17.5. The number of nitro benzene ring substituents is 1. The van der Waals surface area contributed by atoms with Gasteiger partial charge in [0.1, 0.15) is 0 Å². The molecule has 0 aliphatic carbocycles. The van der Waals surface area contributed by atoms with Crippen LogP contribution in [0.3, 0.4) is 0 Å². The number of aromatic amines is 1. The molecule has 3 aromatic rings. The van der Waals surface area contributed by atoms with Crippen LogP contribution in [0.15, 0.2) is 53.3 Å². The van der Waals surface area contributed by atoms with E-state index in [-0.39, 0.29) is 11.2 Å². The standard InChI is InChI=1S/C18H16N4O3/c1-12-6-3-4-9-17(12)21-18(23)16(13(2)20-21)11-19-14-7-5-8-15(10-14)22(24)25/h3-11,19-20H,2H2,1H3. The third kappa shape index (κ3) is 3.20. The van der Waals surface area contributed by atoms with Crippen molar-refractivity contribution in [3.05, 3.63) is 85.1 Å². The number of aromatic nitrogens is 2. The van der Waals surface area contributed by atoms with Crippen LogP contribution < -0.4 is 21.4 Å². The Kier molecular flexibility index (Phi) is 4.21. The van der Waals surface area contributed by atoms with Gasteiger partial charge in [-0.05, 0) is 24.6 Å². The minimum Gasteiger partial charge on any atom is -0.361 e. The molecule has 25 heavy (non-hydrogen) atoms. The molecule has 3 rings (SSSR count). The fourth-order valence-corrected chi connectivity index (χ4v) is 2.49. The summed E-state index contributed by atoms with van der Waals surface area (Å²) in [5.74, 6) is 0. The van der Waals surface area contributed by atoms with Crippen molar-refractivity contribution in [1.29, 1.82) is 0 Å². The highest BCUT2D eigenvalue weighted by molar-refractivity contribution is 5.58. The van der Waals surface area contributed by atoms with Gasteiger partial charge >= 0.3 is 0 Å². The Hall–Kier alpha value is -3.61. The first-order valence-corrected chi connectivity index (χ1v) is 7.54. The molecule has 7 heteroatoms. The van der Waals surface area contributed by atoms with E-state index >= 15 is 0 Å². The average Bonchev–Trinajstić information content (AvgIpc) is 2.88. The molecule has 126 valence electrons. The van der Waals surface area contributed by atoms with E-state index in [2.05, 4.69) is 17.0 Å². The first-order chi connectivity index (χ1) is 12.0. The number of anilines is 1. The van der Waals surface area contributed by atoms with Gasteiger partial charge in [-0.2, -0.15) is 0 Å². The summed E-state index contributed by atoms with van der Waals surface area (Å²) in [4.78, 5) is 23.0. The zero-order chi connectivity index (χ0) is 18.0. The molecule has 0 amide bonds. The lowest BCUT2D eigenvalue weighted by atomic mass is 10.2. The van der Waals surface area contributed by atoms with Crippen molar-refractivity contribution in [2.75, 3.05) is 5.32 Å². The number of aryl methyl sites for hydroxylation is 1. The monoisotopic (exact) mass is 336 g/mol. The van der Waals surface area contributed by atoms with Crippen LogP contribution in [0.2, 0.25) is 0 Å². The van der Waals surface area contributed by atoms with Crippen molar-refractivity contribution in [2.24, 2.45) is 0 Å². The summed E-state index contributed by atoms with van der Waals surface area (Å²) in [6.07, 6.45) is 1.50. The molecule has 0 fully saturated rings. The first-order valence-electron chi connectivity index (χ1n) is 7.54. The quantitative estimate of drug-likeness (QED) is 0.559. The molecule has 0 unspecified atom stereocenters. The van der Waals surface area contributed by atoms with Gasteiger partial charge in [0.25, 0.3) is 11.2 Å². The molecule has 0 saturated heterocycles. The van der Waals surface area contributed by atoms with Crippen molar-refractivity contribution in [3.8, 4) is 5.69 Å². The second-order valence-corrected chi connectivity index (χ2v) is 5.53. The van der Waals surface area contributed by atoms with Crippen LogP contribution in [0, 0.1) is 17.0 Å². The Bertz CT molecular complexity index is 1110. The maximum Gasteiger partial charge on any atom is 0.280 e. The summed E-state index contributed by atoms with van der Waals surface area (Å²) >= 11 is 0. The smallest absolute Gasteiger partial charge is 0.280 e. The molecule has 0 atom stereocenters. The van der Waals surface area contributed by atoms with Gasteiger partial charge in [-0.3, -0.25) is 20.0 Å². The zero-order valence-corrected chi connectivity index (χ0v) is 13.5. The average molecular weight is 336 g/mol. The number of non-ortho nitro benzene ring substituents is 1. The van der Waals surface area contributed by atoms with Crippen LogP contribution in [-0.2, 0) is 0 Å². The van der Waals surface area contributed by atoms with Crippen molar-refractivity contribution >= 4 is 24.2 Å². The van der Waals surface area contributed by atoms with Crippen LogP contribution in [0.25, 0.3) is 18.5 Å². The van der Waals surface area contributed by atoms with E-state index in [1.807, 2.05) is 31.2 Å². The van der Waals surface area contributed by atoms with E-state index in [0.29, 0.717) is 16.3 Å². The number of nitrogens with zero attached hydrogens (tertiary/aromatic N) is 2. The summed E-state index contributed by atoms with van der Waals surface area (Å²) in [7, 11) is 0. The van der Waals surface area contributed by atoms with Gasteiger partial charge in [0, 0.05) is 24.0 Å². The maximum absolute atomic E-state index is 12.7. The van der Waals surface area contributed by atoms with Crippen molar-refractivity contribution in [2.45, 2.75) is 6.92 Å². The van der Waals surface area contributed by atoms with Crippen LogP contribution in [-0.4, -0.2) is 14.7 Å². The number of para-hydroxylation sites is 1. The summed E-state index contributed by atoms with van der Waals surface area (Å²) in [6, 6.07) is 13.5. The van der Waals surface area contributed by atoms with Gasteiger partial charge < -0.3 is 5.32 Å². The molecule has 2 aromatic carbocycles. The lowest BCUT2D eigenvalue weighted by Gasteiger charge is -2.04. The number of benzene rings is 2. The maximum atomic E-state index is 12.7. The zero-order valence-electron chi connectivity index (χ0n) is 13.5. The lowest BCUT2D eigenvalue weighted by Crippen LogP contribution is -2.34. The Morgan fingerprint density at radius 2 is 2.00 bits per heavy atom. The molecule has 7 nitrogen and oxygen atoms in total. The lowest BCUT2D eigenvalue weighted by molar-refractivity contribution is -0.384. The Morgan fingerprint density at radius 3 is 2.72 bits per heavy atom. The summed E-state index contributed by atoms with van der Waals surface area (Å²) in [5.41, 5.74) is 1.92. The second kappa shape index (κ2) is 6.48. The van der Waals surface area contributed by atoms with Crippen LogP contribution in [0.1, 0.15) is 5.56 Å². The molecule has 0 saturated carbocycles. The molecule has 1 heterocycles. The first kappa shape index (κ1) is 16.3. The number of hydrogen-bond donors (Lipinski definition) is 2. The molecule has 0 aliphatic rings. The third-order valence-electron chi connectivity index (χ3n) is 3.80. The molecule has 0 radical (unpaired) electrons. The van der Waals surface area contributed by atoms with Crippen molar-refractivity contribution in [1.82, 2.24) is 9.78 Å². The van der Waals surface area contributed by atoms with E-state index in [1.165, 1.54) is 23.0 Å². The number of nitro groups is 1. The van der Waals surface area contributed by atoms with E-state index in [9.17, 15) is 14.9 Å². The van der Waals surface area contributed by atoms with Crippen molar-refractivity contribution in [3.63, 3.8) is 0 Å². The number of nitrogens with one attached hydrogen (secondary N) is 2. The topological polar surface area (TPSA) is 93.0 Å². The minimum absolute atomic E-state index is 0.0281. The van der Waals surface area contributed by atoms with E-state index in [1.54, 1.807) is 12.1 Å². The van der Waals surface area contributed by atoms with E-state index in [0.717, 1.165) is 11.3 Å². The Balaban J connectivity index is 2.02. The van der Waals surface area contributed by atoms with Gasteiger partial charge in [0.05, 0.1) is 21.2 Å². The second-order valence-electron chi connectivity index (χ2n) is 5.53. The summed E-state index contributed by atoms with van der Waals surface area (Å²) in [6.45, 7) is 5.77. The molecular weight excluding hydrogens is 320 g/mol. The molecule has 1 aromatic heterocycles. The van der Waals surface area contributed by atoms with E-state index < -0.39 is 4.92 Å². The fourth-order valence-electron chi connectivity index (χ4n) is 2.49. The highest BCUT2D eigenvalue weighted by Crippen LogP contribution is 2.16. The Morgan fingerprint density at radius 1 is 1.24 bits per heavy atom. The van der Waals surface area contributed by atoms with Crippen LogP contribution in [0.4, 0.5) is 11.4 Å².